The van der Waals surface area contributed by atoms with Gasteiger partial charge in [0.15, 0.2) is 0 Å². The number of nitrogens with zero attached hydrogens (tertiary/aromatic N) is 2. The number of aliphatic hydroxyl groups excluding tert-OH is 1. The van der Waals surface area contributed by atoms with Crippen molar-refractivity contribution in [3.63, 3.8) is 0 Å². The number of rotatable bonds is 6. The van der Waals surface area contributed by atoms with Crippen LogP contribution in [0.15, 0.2) is 72.6 Å². The average molecular weight is 446 g/mol. The van der Waals surface area contributed by atoms with Crippen LogP contribution in [0.2, 0.25) is 0 Å². The number of aromatic nitrogens is 1. The first kappa shape index (κ1) is 22.2. The highest BCUT2D eigenvalue weighted by Gasteiger charge is 2.46. The molecule has 1 amide bonds. The predicted molar refractivity (Wildman–Crippen MR) is 121 cm³/mol. The van der Waals surface area contributed by atoms with E-state index in [2.05, 4.69) is 4.98 Å². The number of ether oxygens (including phenoxy) is 1. The van der Waals surface area contributed by atoms with Crippen LogP contribution in [0.3, 0.4) is 0 Å². The maximum atomic E-state index is 13.6. The smallest absolute Gasteiger partial charge is 0.295 e. The Morgan fingerprint density at radius 1 is 1.15 bits per heavy atom. The van der Waals surface area contributed by atoms with Gasteiger partial charge in [-0.2, -0.15) is 0 Å². The Morgan fingerprint density at radius 2 is 1.91 bits per heavy atom. The number of hydrogen-bond acceptors (Lipinski definition) is 5. The summed E-state index contributed by atoms with van der Waals surface area (Å²) < 4.78 is 19.2. The molecule has 0 spiro atoms. The van der Waals surface area contributed by atoms with E-state index >= 15 is 0 Å². The second-order valence-corrected chi connectivity index (χ2v) is 7.75. The maximum absolute atomic E-state index is 13.6. The lowest BCUT2D eigenvalue weighted by Gasteiger charge is -2.25. The van der Waals surface area contributed by atoms with E-state index in [1.165, 1.54) is 29.2 Å². The molecule has 1 fully saturated rings. The Balaban J connectivity index is 1.84. The van der Waals surface area contributed by atoms with Gasteiger partial charge in [-0.1, -0.05) is 18.2 Å². The fourth-order valence-corrected chi connectivity index (χ4v) is 3.99. The van der Waals surface area contributed by atoms with Crippen molar-refractivity contribution >= 4 is 17.4 Å². The van der Waals surface area contributed by atoms with Crippen LogP contribution >= 0.6 is 0 Å². The molecule has 4 rings (SSSR count). The molecule has 6 nitrogen and oxygen atoms in total. The van der Waals surface area contributed by atoms with Crippen molar-refractivity contribution in [1.82, 2.24) is 9.88 Å². The number of hydrogen-bond donors (Lipinski definition) is 1. The number of carbonyl (C=O) groups excluding carboxylic acids is 2. The molecule has 1 unspecified atom stereocenters. The molecule has 7 heteroatoms. The molecular formula is C26H23FN2O4. The van der Waals surface area contributed by atoms with Crippen LogP contribution in [0, 0.1) is 12.7 Å². The monoisotopic (exact) mass is 446 g/mol. The standard InChI is InChI=1S/C26H23FN2O4/c1-3-33-21-11-8-19(13-16(21)2)24(30)22-23(18-6-9-20(27)10-7-18)29(26(32)25(22)31)15-17-5-4-12-28-14-17/h4-14,23,30H,3,15H2,1-2H3/b24-22+. The number of benzene rings is 2. The van der Waals surface area contributed by atoms with Crippen molar-refractivity contribution < 1.29 is 23.8 Å². The third kappa shape index (κ3) is 4.35. The van der Waals surface area contributed by atoms with Gasteiger partial charge in [-0.3, -0.25) is 14.6 Å². The number of carbonyl (C=O) groups is 2. The third-order valence-corrected chi connectivity index (χ3v) is 5.55. The van der Waals surface area contributed by atoms with Gasteiger partial charge in [0.1, 0.15) is 17.3 Å². The molecule has 1 atom stereocenters. The summed E-state index contributed by atoms with van der Waals surface area (Å²) in [5.41, 5.74) is 2.37. The molecule has 0 bridgehead atoms. The summed E-state index contributed by atoms with van der Waals surface area (Å²) >= 11 is 0. The number of amides is 1. The lowest BCUT2D eigenvalue weighted by molar-refractivity contribution is -0.140. The predicted octanol–water partition coefficient (Wildman–Crippen LogP) is 4.55. The first-order chi connectivity index (χ1) is 15.9. The Bertz CT molecular complexity index is 1220. The van der Waals surface area contributed by atoms with Gasteiger partial charge < -0.3 is 14.7 Å². The molecular weight excluding hydrogens is 423 g/mol. The number of ketones is 1. The highest BCUT2D eigenvalue weighted by molar-refractivity contribution is 6.46. The number of Topliss-reactive ketones (excluding diaryl/α,β-unsaturated/α-hetero) is 1. The first-order valence-corrected chi connectivity index (χ1v) is 10.6. The Morgan fingerprint density at radius 3 is 2.55 bits per heavy atom. The highest BCUT2D eigenvalue weighted by atomic mass is 19.1. The number of aryl methyl sites for hydroxylation is 1. The number of aliphatic hydroxyl groups is 1. The van der Waals surface area contributed by atoms with Crippen LogP contribution < -0.4 is 4.74 Å². The lowest BCUT2D eigenvalue weighted by Crippen LogP contribution is -2.29. The molecule has 168 valence electrons. The van der Waals surface area contributed by atoms with Crippen molar-refractivity contribution in [1.29, 1.82) is 0 Å². The minimum Gasteiger partial charge on any atom is -0.507 e. The molecule has 1 aromatic heterocycles. The van der Waals surface area contributed by atoms with E-state index in [0.29, 0.717) is 23.5 Å². The summed E-state index contributed by atoms with van der Waals surface area (Å²) in [6.45, 7) is 4.32. The van der Waals surface area contributed by atoms with Crippen molar-refractivity contribution in [2.24, 2.45) is 0 Å². The molecule has 2 aromatic carbocycles. The molecule has 0 aliphatic carbocycles. The summed E-state index contributed by atoms with van der Waals surface area (Å²) in [7, 11) is 0. The normalized spacial score (nSPS) is 17.4. The van der Waals surface area contributed by atoms with E-state index in [9.17, 15) is 19.1 Å². The van der Waals surface area contributed by atoms with Gasteiger partial charge in [-0.15, -0.1) is 0 Å². The molecule has 1 aliphatic rings. The van der Waals surface area contributed by atoms with Gasteiger partial charge in [0, 0.05) is 24.5 Å². The van der Waals surface area contributed by atoms with E-state index in [1.807, 2.05) is 13.8 Å². The van der Waals surface area contributed by atoms with Crippen molar-refractivity contribution in [3.8, 4) is 5.75 Å². The highest BCUT2D eigenvalue weighted by Crippen LogP contribution is 2.40. The van der Waals surface area contributed by atoms with E-state index in [1.54, 1.807) is 42.7 Å². The fraction of sp³-hybridized carbons (Fsp3) is 0.192. The molecule has 1 N–H and O–H groups in total. The zero-order valence-electron chi connectivity index (χ0n) is 18.3. The lowest BCUT2D eigenvalue weighted by atomic mass is 9.94. The number of pyridine rings is 1. The second kappa shape index (κ2) is 9.24. The summed E-state index contributed by atoms with van der Waals surface area (Å²) in [6, 6.07) is 13.3. The zero-order valence-corrected chi connectivity index (χ0v) is 18.3. The van der Waals surface area contributed by atoms with Crippen molar-refractivity contribution in [2.45, 2.75) is 26.4 Å². The number of likely N-dealkylation sites (tertiary alicyclic amines) is 1. The average Bonchev–Trinajstić information content (AvgIpc) is 3.06. The molecule has 3 aromatic rings. The van der Waals surface area contributed by atoms with Gasteiger partial charge in [-0.25, -0.2) is 4.39 Å². The van der Waals surface area contributed by atoms with Crippen molar-refractivity contribution in [3.05, 3.63) is 101 Å². The topological polar surface area (TPSA) is 79.7 Å². The van der Waals surface area contributed by atoms with Crippen LogP contribution in [0.25, 0.3) is 5.76 Å². The molecule has 0 saturated carbocycles. The Hall–Kier alpha value is -4.00. The molecule has 0 radical (unpaired) electrons. The van der Waals surface area contributed by atoms with E-state index < -0.39 is 23.5 Å². The SMILES string of the molecule is CCOc1ccc(/C(O)=C2\C(=O)C(=O)N(Cc3cccnc3)C2c2ccc(F)cc2)cc1C. The third-order valence-electron chi connectivity index (χ3n) is 5.55. The van der Waals surface area contributed by atoms with Gasteiger partial charge in [0.2, 0.25) is 0 Å². The van der Waals surface area contributed by atoms with Gasteiger partial charge in [0.25, 0.3) is 11.7 Å². The van der Waals surface area contributed by atoms with E-state index in [-0.39, 0.29) is 17.9 Å². The Labute approximate surface area is 191 Å². The van der Waals surface area contributed by atoms with Gasteiger partial charge >= 0.3 is 0 Å². The molecule has 2 heterocycles. The Kier molecular flexibility index (Phi) is 6.22. The van der Waals surface area contributed by atoms with E-state index in [4.69, 9.17) is 4.74 Å². The maximum Gasteiger partial charge on any atom is 0.295 e. The quantitative estimate of drug-likeness (QED) is 0.341. The summed E-state index contributed by atoms with van der Waals surface area (Å²) in [5.74, 6) is -1.59. The van der Waals surface area contributed by atoms with Crippen LogP contribution in [0.4, 0.5) is 4.39 Å². The zero-order chi connectivity index (χ0) is 23.5. The van der Waals surface area contributed by atoms with E-state index in [0.717, 1.165) is 11.1 Å². The minimum atomic E-state index is -0.877. The van der Waals surface area contributed by atoms with Gasteiger partial charge in [0.05, 0.1) is 18.2 Å². The minimum absolute atomic E-state index is 0.0425. The van der Waals surface area contributed by atoms with Gasteiger partial charge in [-0.05, 0) is 66.9 Å². The second-order valence-electron chi connectivity index (χ2n) is 7.75. The largest absolute Gasteiger partial charge is 0.507 e. The summed E-state index contributed by atoms with van der Waals surface area (Å²) in [6.07, 6.45) is 3.22. The van der Waals surface area contributed by atoms with Crippen LogP contribution in [-0.2, 0) is 16.1 Å². The molecule has 1 saturated heterocycles. The fourth-order valence-electron chi connectivity index (χ4n) is 3.99. The molecule has 1 aliphatic heterocycles. The van der Waals surface area contributed by atoms with Crippen LogP contribution in [0.5, 0.6) is 5.75 Å². The van der Waals surface area contributed by atoms with Crippen LogP contribution in [-0.4, -0.2) is 33.3 Å². The molecule has 33 heavy (non-hydrogen) atoms. The summed E-state index contributed by atoms with van der Waals surface area (Å²) in [4.78, 5) is 31.6. The first-order valence-electron chi connectivity index (χ1n) is 10.6. The number of halogens is 1. The summed E-state index contributed by atoms with van der Waals surface area (Å²) in [5, 5.41) is 11.2. The van der Waals surface area contributed by atoms with Crippen molar-refractivity contribution in [2.75, 3.05) is 6.61 Å². The van der Waals surface area contributed by atoms with Crippen LogP contribution in [0.1, 0.15) is 35.2 Å².